The van der Waals surface area contributed by atoms with Gasteiger partial charge in [-0.15, -0.1) is 11.3 Å². The number of benzene rings is 1. The summed E-state index contributed by atoms with van der Waals surface area (Å²) in [6.45, 7) is 3.09. The fourth-order valence-electron chi connectivity index (χ4n) is 3.79. The topological polar surface area (TPSA) is 41.6 Å². The van der Waals surface area contributed by atoms with Gasteiger partial charge in [0, 0.05) is 17.1 Å². The van der Waals surface area contributed by atoms with E-state index in [2.05, 4.69) is 28.4 Å². The van der Waals surface area contributed by atoms with Crippen LogP contribution in [0.1, 0.15) is 46.1 Å². The number of hydrogen-bond donors (Lipinski definition) is 1. The van der Waals surface area contributed by atoms with Crippen LogP contribution in [0, 0.1) is 0 Å². The van der Waals surface area contributed by atoms with Crippen molar-refractivity contribution in [3.05, 3.63) is 45.8 Å². The number of anilines is 2. The summed E-state index contributed by atoms with van der Waals surface area (Å²) >= 11 is 7.35. The number of aryl methyl sites for hydroxylation is 1. The number of thiocarbonyl (C=S) groups is 1. The summed E-state index contributed by atoms with van der Waals surface area (Å²) in [5.41, 5.74) is 4.32. The van der Waals surface area contributed by atoms with Crippen molar-refractivity contribution in [1.29, 1.82) is 0 Å². The van der Waals surface area contributed by atoms with Crippen LogP contribution in [-0.2, 0) is 24.0 Å². The molecule has 4 nitrogen and oxygen atoms in total. The second-order valence-corrected chi connectivity index (χ2v) is 8.09. The third-order valence-corrected chi connectivity index (χ3v) is 6.53. The smallest absolute Gasteiger partial charge is 0.341 e. The molecule has 0 atom stereocenters. The molecule has 136 valence electrons. The van der Waals surface area contributed by atoms with Gasteiger partial charge in [-0.25, -0.2) is 4.79 Å². The first kappa shape index (κ1) is 17.5. The van der Waals surface area contributed by atoms with Crippen molar-refractivity contribution < 1.29 is 9.53 Å². The Morgan fingerprint density at radius 3 is 2.92 bits per heavy atom. The lowest BCUT2D eigenvalue weighted by molar-refractivity contribution is 0.0526. The van der Waals surface area contributed by atoms with E-state index in [1.807, 2.05) is 13.0 Å². The summed E-state index contributed by atoms with van der Waals surface area (Å²) < 4.78 is 5.33. The first-order valence-corrected chi connectivity index (χ1v) is 10.4. The molecule has 1 aromatic heterocycles. The summed E-state index contributed by atoms with van der Waals surface area (Å²) in [4.78, 5) is 16.0. The Kier molecular flexibility index (Phi) is 4.96. The maximum absolute atomic E-state index is 12.6. The van der Waals surface area contributed by atoms with Gasteiger partial charge in [-0.3, -0.25) is 0 Å². The van der Waals surface area contributed by atoms with Crippen molar-refractivity contribution in [2.75, 3.05) is 23.4 Å². The maximum Gasteiger partial charge on any atom is 0.341 e. The molecule has 0 radical (unpaired) electrons. The highest BCUT2D eigenvalue weighted by Gasteiger charge is 2.28. The van der Waals surface area contributed by atoms with Gasteiger partial charge in [-0.05, 0) is 68.4 Å². The minimum absolute atomic E-state index is 0.237. The van der Waals surface area contributed by atoms with Crippen molar-refractivity contribution in [1.82, 2.24) is 0 Å². The summed E-state index contributed by atoms with van der Waals surface area (Å²) in [5, 5.41) is 4.85. The van der Waals surface area contributed by atoms with Gasteiger partial charge in [0.05, 0.1) is 12.2 Å². The molecule has 1 aromatic carbocycles. The Labute approximate surface area is 163 Å². The molecule has 1 aliphatic heterocycles. The minimum atomic E-state index is -0.237. The van der Waals surface area contributed by atoms with E-state index in [1.54, 1.807) is 11.3 Å². The third kappa shape index (κ3) is 3.12. The predicted octanol–water partition coefficient (Wildman–Crippen LogP) is 4.56. The lowest BCUT2D eigenvalue weighted by atomic mass is 9.95. The summed E-state index contributed by atoms with van der Waals surface area (Å²) in [5.74, 6) is -0.237. The van der Waals surface area contributed by atoms with Gasteiger partial charge in [0.25, 0.3) is 0 Å². The molecule has 0 fully saturated rings. The molecule has 1 N–H and O–H groups in total. The number of esters is 1. The van der Waals surface area contributed by atoms with Crippen LogP contribution < -0.4 is 10.2 Å². The number of para-hydroxylation sites is 1. The number of nitrogens with one attached hydrogen (secondary N) is 1. The molecular weight excluding hydrogens is 364 g/mol. The number of rotatable bonds is 3. The Morgan fingerprint density at radius 1 is 1.27 bits per heavy atom. The molecule has 0 bridgehead atoms. The van der Waals surface area contributed by atoms with Crippen molar-refractivity contribution >= 4 is 45.3 Å². The fraction of sp³-hybridized carbons (Fsp3) is 0.400. The molecule has 1 aliphatic carbocycles. The molecule has 26 heavy (non-hydrogen) atoms. The number of hydrogen-bond acceptors (Lipinski definition) is 4. The van der Waals surface area contributed by atoms with Crippen LogP contribution >= 0.6 is 23.6 Å². The van der Waals surface area contributed by atoms with Crippen molar-refractivity contribution in [3.63, 3.8) is 0 Å². The van der Waals surface area contributed by atoms with Crippen LogP contribution in [0.25, 0.3) is 0 Å². The van der Waals surface area contributed by atoms with Crippen molar-refractivity contribution in [2.45, 2.75) is 39.0 Å². The second-order valence-electron chi connectivity index (χ2n) is 6.60. The van der Waals surface area contributed by atoms with E-state index in [0.29, 0.717) is 17.3 Å². The van der Waals surface area contributed by atoms with E-state index in [0.717, 1.165) is 48.5 Å². The van der Waals surface area contributed by atoms with Gasteiger partial charge >= 0.3 is 5.97 Å². The van der Waals surface area contributed by atoms with E-state index < -0.39 is 0 Å². The van der Waals surface area contributed by atoms with E-state index in [1.165, 1.54) is 16.9 Å². The monoisotopic (exact) mass is 386 g/mol. The Bertz CT molecular complexity index is 859. The molecule has 2 aliphatic rings. The third-order valence-electron chi connectivity index (χ3n) is 5.00. The zero-order valence-electron chi connectivity index (χ0n) is 14.8. The van der Waals surface area contributed by atoms with Crippen LogP contribution in [-0.4, -0.2) is 24.2 Å². The molecule has 0 amide bonds. The first-order valence-electron chi connectivity index (χ1n) is 9.17. The number of fused-ring (bicyclic) bond motifs is 2. The summed E-state index contributed by atoms with van der Waals surface area (Å²) in [6.07, 6.45) is 5.27. The zero-order valence-corrected chi connectivity index (χ0v) is 16.5. The van der Waals surface area contributed by atoms with E-state index in [4.69, 9.17) is 17.0 Å². The largest absolute Gasteiger partial charge is 0.462 e. The first-order chi connectivity index (χ1) is 12.7. The van der Waals surface area contributed by atoms with Crippen LogP contribution in [0.15, 0.2) is 24.3 Å². The van der Waals surface area contributed by atoms with Crippen LogP contribution in [0.5, 0.6) is 0 Å². The fourth-order valence-corrected chi connectivity index (χ4v) is 5.42. The second kappa shape index (κ2) is 7.37. The predicted molar refractivity (Wildman–Crippen MR) is 111 cm³/mol. The molecule has 0 saturated heterocycles. The molecule has 2 heterocycles. The summed E-state index contributed by atoms with van der Waals surface area (Å²) in [6, 6.07) is 8.34. The number of nitrogens with zero attached hydrogens (tertiary/aromatic N) is 1. The van der Waals surface area contributed by atoms with Gasteiger partial charge in [0.2, 0.25) is 0 Å². The van der Waals surface area contributed by atoms with Gasteiger partial charge in [-0.1, -0.05) is 18.2 Å². The lowest BCUT2D eigenvalue weighted by Crippen LogP contribution is -2.33. The van der Waals surface area contributed by atoms with Crippen LogP contribution in [0.4, 0.5) is 10.7 Å². The molecule has 4 rings (SSSR count). The van der Waals surface area contributed by atoms with Gasteiger partial charge < -0.3 is 15.0 Å². The van der Waals surface area contributed by atoms with Gasteiger partial charge in [0.1, 0.15) is 5.00 Å². The number of carbonyl (C=O) groups excluding carboxylic acids is 1. The molecule has 0 saturated carbocycles. The Hall–Kier alpha value is -1.92. The number of thiophene rings is 1. The number of ether oxygens (including phenoxy) is 1. The summed E-state index contributed by atoms with van der Waals surface area (Å²) in [7, 11) is 0. The molecule has 0 unspecified atom stereocenters. The minimum Gasteiger partial charge on any atom is -0.462 e. The zero-order chi connectivity index (χ0) is 18.1. The van der Waals surface area contributed by atoms with E-state index in [9.17, 15) is 4.79 Å². The van der Waals surface area contributed by atoms with Gasteiger partial charge in [-0.2, -0.15) is 0 Å². The molecular formula is C20H22N2O2S2. The lowest BCUT2D eigenvalue weighted by Gasteiger charge is -2.21. The van der Waals surface area contributed by atoms with E-state index >= 15 is 0 Å². The maximum atomic E-state index is 12.6. The average Bonchev–Trinajstić information content (AvgIpc) is 3.23. The SMILES string of the molecule is CCOC(=O)c1c(NC(=S)N2CCc3ccccc32)sc2c1CCCC2. The standard InChI is InChI=1S/C20H22N2O2S2/c1-2-24-19(23)17-14-8-4-6-10-16(14)26-18(17)21-20(25)22-12-11-13-7-3-5-9-15(13)22/h3,5,7,9H,2,4,6,8,10-12H2,1H3,(H,21,25). The van der Waals surface area contributed by atoms with Crippen LogP contribution in [0.2, 0.25) is 0 Å². The Balaban J connectivity index is 1.63. The molecule has 2 aromatic rings. The van der Waals surface area contributed by atoms with Crippen molar-refractivity contribution in [3.8, 4) is 0 Å². The highest BCUT2D eigenvalue weighted by Crippen LogP contribution is 2.39. The van der Waals surface area contributed by atoms with Gasteiger partial charge in [0.15, 0.2) is 5.11 Å². The van der Waals surface area contributed by atoms with Crippen molar-refractivity contribution in [2.24, 2.45) is 0 Å². The normalized spacial score (nSPS) is 15.3. The average molecular weight is 387 g/mol. The van der Waals surface area contributed by atoms with Crippen LogP contribution in [0.3, 0.4) is 0 Å². The molecule has 0 spiro atoms. The quantitative estimate of drug-likeness (QED) is 0.618. The van der Waals surface area contributed by atoms with E-state index in [-0.39, 0.29) is 5.97 Å². The molecule has 6 heteroatoms. The highest BCUT2D eigenvalue weighted by atomic mass is 32.1. The highest BCUT2D eigenvalue weighted by molar-refractivity contribution is 7.80. The number of carbonyl (C=O) groups is 1. The Morgan fingerprint density at radius 2 is 2.08 bits per heavy atom.